The molecule has 0 saturated carbocycles. The van der Waals surface area contributed by atoms with E-state index in [0.717, 1.165) is 17.5 Å². The number of hydrogen-bond acceptors (Lipinski definition) is 2. The third-order valence-corrected chi connectivity index (χ3v) is 4.36. The zero-order valence-corrected chi connectivity index (χ0v) is 13.6. The van der Waals surface area contributed by atoms with Gasteiger partial charge in [0.1, 0.15) is 11.5 Å². The number of Topliss-reactive ketones (excluding diaryl/α,β-unsaturated/α-hetero) is 1. The molecule has 1 aliphatic rings. The minimum absolute atomic E-state index is 0.146. The number of benzene rings is 1. The smallest absolute Gasteiger partial charge is 0.389 e. The molecule has 23 heavy (non-hydrogen) atoms. The van der Waals surface area contributed by atoms with Gasteiger partial charge in [0.25, 0.3) is 0 Å². The molecule has 1 unspecified atom stereocenters. The van der Waals surface area contributed by atoms with Crippen LogP contribution in [0.2, 0.25) is 0 Å². The van der Waals surface area contributed by atoms with E-state index in [4.69, 9.17) is 4.74 Å². The van der Waals surface area contributed by atoms with Gasteiger partial charge in [0.2, 0.25) is 0 Å². The lowest BCUT2D eigenvalue weighted by Gasteiger charge is -2.19. The van der Waals surface area contributed by atoms with Gasteiger partial charge in [-0.3, -0.25) is 4.79 Å². The Morgan fingerprint density at radius 1 is 1.13 bits per heavy atom. The summed E-state index contributed by atoms with van der Waals surface area (Å²) in [5, 5.41) is 0. The molecule has 0 radical (unpaired) electrons. The van der Waals surface area contributed by atoms with Gasteiger partial charge in [-0.1, -0.05) is 19.9 Å². The van der Waals surface area contributed by atoms with Crippen molar-refractivity contribution in [1.29, 1.82) is 0 Å². The number of ether oxygens (including phenoxy) is 1. The second kappa shape index (κ2) is 7.37. The monoisotopic (exact) mass is 328 g/mol. The van der Waals surface area contributed by atoms with E-state index >= 15 is 0 Å². The summed E-state index contributed by atoms with van der Waals surface area (Å²) in [5.41, 5.74) is 1.79. The second-order valence-electron chi connectivity index (χ2n) is 6.21. The highest BCUT2D eigenvalue weighted by Crippen LogP contribution is 2.35. The first-order valence-electron chi connectivity index (χ1n) is 8.19. The van der Waals surface area contributed by atoms with E-state index in [-0.39, 0.29) is 18.1 Å². The maximum Gasteiger partial charge on any atom is 0.389 e. The van der Waals surface area contributed by atoms with Gasteiger partial charge < -0.3 is 4.74 Å². The fourth-order valence-corrected chi connectivity index (χ4v) is 3.16. The molecule has 0 N–H and O–H groups in total. The lowest BCUT2D eigenvalue weighted by atomic mass is 9.87. The lowest BCUT2D eigenvalue weighted by Crippen LogP contribution is -2.28. The van der Waals surface area contributed by atoms with Crippen molar-refractivity contribution in [3.63, 3.8) is 0 Å². The fourth-order valence-electron chi connectivity index (χ4n) is 3.16. The predicted octanol–water partition coefficient (Wildman–Crippen LogP) is 4.74. The van der Waals surface area contributed by atoms with Gasteiger partial charge in [-0.25, -0.2) is 0 Å². The highest BCUT2D eigenvalue weighted by molar-refractivity contribution is 5.84. The van der Waals surface area contributed by atoms with E-state index in [1.54, 1.807) is 6.07 Å². The van der Waals surface area contributed by atoms with Crippen molar-refractivity contribution in [2.24, 2.45) is 11.8 Å². The summed E-state index contributed by atoms with van der Waals surface area (Å²) in [6.45, 7) is 4.42. The van der Waals surface area contributed by atoms with Crippen LogP contribution in [-0.4, -0.2) is 18.6 Å². The maximum absolute atomic E-state index is 12.8. The molecule has 0 heterocycles. The molecule has 0 bridgehead atoms. The number of halogens is 3. The quantitative estimate of drug-likeness (QED) is 0.730. The van der Waals surface area contributed by atoms with Crippen LogP contribution >= 0.6 is 0 Å². The maximum atomic E-state index is 12.8. The van der Waals surface area contributed by atoms with Crippen LogP contribution in [0, 0.1) is 11.8 Å². The normalized spacial score (nSPS) is 21.7. The standard InChI is InChI=1S/C18H23F3O2/c1-3-7-23-16-6-5-13-8-12(4-2)17(22)15(9-14(13)10-16)11-18(19,20)21/h5-6,10,12,15H,3-4,7-9,11H2,1-2H3/t12-,15?/m1/s1. The molecule has 2 nitrogen and oxygen atoms in total. The van der Waals surface area contributed by atoms with Crippen molar-refractivity contribution in [2.75, 3.05) is 6.61 Å². The summed E-state index contributed by atoms with van der Waals surface area (Å²) >= 11 is 0. The highest BCUT2D eigenvalue weighted by Gasteiger charge is 2.39. The molecule has 0 amide bonds. The first-order valence-corrected chi connectivity index (χ1v) is 8.19. The van der Waals surface area contributed by atoms with E-state index in [9.17, 15) is 18.0 Å². The number of rotatable bonds is 5. The number of carbonyl (C=O) groups is 1. The van der Waals surface area contributed by atoms with Gasteiger partial charge in [-0.2, -0.15) is 13.2 Å². The van der Waals surface area contributed by atoms with Crippen LogP contribution in [0.15, 0.2) is 18.2 Å². The summed E-state index contributed by atoms with van der Waals surface area (Å²) in [7, 11) is 0. The van der Waals surface area contributed by atoms with Crippen molar-refractivity contribution in [2.45, 2.75) is 52.1 Å². The van der Waals surface area contributed by atoms with Gasteiger partial charge in [-0.15, -0.1) is 0 Å². The minimum Gasteiger partial charge on any atom is -0.494 e. The van der Waals surface area contributed by atoms with Crippen LogP contribution in [0.1, 0.15) is 44.2 Å². The van der Waals surface area contributed by atoms with Gasteiger partial charge in [-0.05, 0) is 48.9 Å². The molecule has 0 aliphatic heterocycles. The molecule has 128 valence electrons. The fraction of sp³-hybridized carbons (Fsp3) is 0.611. The Labute approximate surface area is 135 Å². The topological polar surface area (TPSA) is 26.3 Å². The molecular weight excluding hydrogens is 305 g/mol. The molecule has 2 atom stereocenters. The number of fused-ring (bicyclic) bond motifs is 1. The SMILES string of the molecule is CCCOc1ccc2c(c1)CC(CC(F)(F)F)C(=O)[C@H](CC)C2. The van der Waals surface area contributed by atoms with E-state index in [1.165, 1.54) is 0 Å². The van der Waals surface area contributed by atoms with Crippen molar-refractivity contribution in [3.05, 3.63) is 29.3 Å². The third-order valence-electron chi connectivity index (χ3n) is 4.36. The Kier molecular flexibility index (Phi) is 5.71. The summed E-state index contributed by atoms with van der Waals surface area (Å²) in [6.07, 6.45) is -3.26. The molecular formula is C18H23F3O2. The van der Waals surface area contributed by atoms with Crippen molar-refractivity contribution in [1.82, 2.24) is 0 Å². The highest BCUT2D eigenvalue weighted by atomic mass is 19.4. The first-order chi connectivity index (χ1) is 10.8. The first kappa shape index (κ1) is 17.8. The lowest BCUT2D eigenvalue weighted by molar-refractivity contribution is -0.154. The summed E-state index contributed by atoms with van der Waals surface area (Å²) in [6, 6.07) is 5.54. The van der Waals surface area contributed by atoms with Crippen molar-refractivity contribution in [3.8, 4) is 5.75 Å². The third kappa shape index (κ3) is 4.72. The number of alkyl halides is 3. The summed E-state index contributed by atoms with van der Waals surface area (Å²) in [4.78, 5) is 12.4. The van der Waals surface area contributed by atoms with Crippen LogP contribution in [-0.2, 0) is 17.6 Å². The number of ketones is 1. The van der Waals surface area contributed by atoms with Crippen LogP contribution < -0.4 is 4.74 Å². The van der Waals surface area contributed by atoms with Crippen LogP contribution in [0.4, 0.5) is 13.2 Å². The van der Waals surface area contributed by atoms with Crippen molar-refractivity contribution >= 4 is 5.78 Å². The average Bonchev–Trinajstić information content (AvgIpc) is 2.61. The van der Waals surface area contributed by atoms with E-state index in [0.29, 0.717) is 25.2 Å². The molecule has 0 fully saturated rings. The Balaban J connectivity index is 2.30. The zero-order chi connectivity index (χ0) is 17.0. The molecule has 2 rings (SSSR count). The predicted molar refractivity (Wildman–Crippen MR) is 82.6 cm³/mol. The number of carbonyl (C=O) groups excluding carboxylic acids is 1. The summed E-state index contributed by atoms with van der Waals surface area (Å²) < 4.78 is 44.0. The van der Waals surface area contributed by atoms with Gasteiger partial charge in [0.15, 0.2) is 0 Å². The van der Waals surface area contributed by atoms with E-state index in [2.05, 4.69) is 0 Å². The number of hydrogen-bond donors (Lipinski definition) is 0. The summed E-state index contributed by atoms with van der Waals surface area (Å²) in [5.74, 6) is -0.899. The Morgan fingerprint density at radius 3 is 2.43 bits per heavy atom. The Bertz CT molecular complexity index is 552. The van der Waals surface area contributed by atoms with Crippen LogP contribution in [0.25, 0.3) is 0 Å². The van der Waals surface area contributed by atoms with E-state index < -0.39 is 18.5 Å². The van der Waals surface area contributed by atoms with Gasteiger partial charge >= 0.3 is 6.18 Å². The van der Waals surface area contributed by atoms with Crippen molar-refractivity contribution < 1.29 is 22.7 Å². The largest absolute Gasteiger partial charge is 0.494 e. The van der Waals surface area contributed by atoms with Crippen LogP contribution in [0.3, 0.4) is 0 Å². The average molecular weight is 328 g/mol. The molecule has 5 heteroatoms. The molecule has 1 aromatic carbocycles. The molecule has 0 aromatic heterocycles. The molecule has 1 aliphatic carbocycles. The van der Waals surface area contributed by atoms with Gasteiger partial charge in [0, 0.05) is 11.8 Å². The Morgan fingerprint density at radius 2 is 1.83 bits per heavy atom. The van der Waals surface area contributed by atoms with Crippen LogP contribution in [0.5, 0.6) is 5.75 Å². The second-order valence-corrected chi connectivity index (χ2v) is 6.21. The Hall–Kier alpha value is -1.52. The minimum atomic E-state index is -4.32. The van der Waals surface area contributed by atoms with E-state index in [1.807, 2.05) is 26.0 Å². The molecule has 0 spiro atoms. The van der Waals surface area contributed by atoms with Gasteiger partial charge in [0.05, 0.1) is 13.0 Å². The zero-order valence-electron chi connectivity index (χ0n) is 13.6. The molecule has 0 saturated heterocycles. The molecule has 1 aromatic rings.